The molecule has 1 saturated heterocycles. The summed E-state index contributed by atoms with van der Waals surface area (Å²) < 4.78 is 11.1. The van der Waals surface area contributed by atoms with Gasteiger partial charge in [-0.05, 0) is 6.42 Å². The van der Waals surface area contributed by atoms with Crippen molar-refractivity contribution in [2.24, 2.45) is 0 Å². The summed E-state index contributed by atoms with van der Waals surface area (Å²) >= 11 is 0. The summed E-state index contributed by atoms with van der Waals surface area (Å²) in [6.07, 6.45) is 0.922. The van der Waals surface area contributed by atoms with E-state index in [1.165, 1.54) is 12.1 Å². The number of nitrogens with one attached hydrogen (secondary N) is 2. The molecule has 2 rings (SSSR count). The molecule has 7 nitrogen and oxygen atoms in total. The summed E-state index contributed by atoms with van der Waals surface area (Å²) in [4.78, 5) is 10.6. The maximum Gasteiger partial charge on any atom is 0.275 e. The lowest BCUT2D eigenvalue weighted by Gasteiger charge is -2.24. The zero-order valence-electron chi connectivity index (χ0n) is 12.1. The van der Waals surface area contributed by atoms with Gasteiger partial charge in [0.15, 0.2) is 0 Å². The van der Waals surface area contributed by atoms with E-state index in [1.54, 1.807) is 6.07 Å². The number of rotatable bonds is 7. The Morgan fingerprint density at radius 1 is 1.52 bits per heavy atom. The molecule has 1 aromatic rings. The van der Waals surface area contributed by atoms with Crippen LogP contribution >= 0.6 is 0 Å². The molecule has 0 radical (unpaired) electrons. The summed E-state index contributed by atoms with van der Waals surface area (Å²) in [5.41, 5.74) is 0.693. The lowest BCUT2D eigenvalue weighted by molar-refractivity contribution is -0.384. The molecule has 0 aliphatic carbocycles. The van der Waals surface area contributed by atoms with Crippen LogP contribution in [0.2, 0.25) is 0 Å². The molecule has 116 valence electrons. The molecule has 21 heavy (non-hydrogen) atoms. The number of nitro benzene ring substituents is 1. The summed E-state index contributed by atoms with van der Waals surface area (Å²) in [7, 11) is 0. The molecule has 1 aliphatic rings. The van der Waals surface area contributed by atoms with Gasteiger partial charge in [0.05, 0.1) is 30.3 Å². The number of nitrogens with zero attached hydrogens (tertiary/aromatic N) is 1. The number of morpholine rings is 1. The minimum absolute atomic E-state index is 0.0220. The smallest absolute Gasteiger partial charge is 0.275 e. The molecule has 1 heterocycles. The van der Waals surface area contributed by atoms with Gasteiger partial charge in [-0.25, -0.2) is 0 Å². The van der Waals surface area contributed by atoms with E-state index in [1.807, 2.05) is 6.92 Å². The fourth-order valence-corrected chi connectivity index (χ4v) is 2.08. The molecule has 0 spiro atoms. The Bertz CT molecular complexity index is 475. The molecule has 1 aliphatic heterocycles. The van der Waals surface area contributed by atoms with Crippen molar-refractivity contribution in [3.8, 4) is 5.75 Å². The predicted molar refractivity (Wildman–Crippen MR) is 80.0 cm³/mol. The second-order valence-corrected chi connectivity index (χ2v) is 4.90. The normalized spacial score (nSPS) is 18.2. The van der Waals surface area contributed by atoms with Gasteiger partial charge in [0.25, 0.3) is 5.69 Å². The molecule has 1 fully saturated rings. The summed E-state index contributed by atoms with van der Waals surface area (Å²) in [5.74, 6) is 0.510. The van der Waals surface area contributed by atoms with Gasteiger partial charge in [-0.1, -0.05) is 6.92 Å². The van der Waals surface area contributed by atoms with Gasteiger partial charge < -0.3 is 20.1 Å². The molecule has 0 bridgehead atoms. The second-order valence-electron chi connectivity index (χ2n) is 4.90. The summed E-state index contributed by atoms with van der Waals surface area (Å²) in [6.45, 7) is 5.46. The average molecular weight is 295 g/mol. The maximum absolute atomic E-state index is 11.0. The molecular formula is C14H21N3O4. The Morgan fingerprint density at radius 3 is 3.05 bits per heavy atom. The Labute approximate surface area is 123 Å². The van der Waals surface area contributed by atoms with Crippen LogP contribution in [-0.2, 0) is 4.74 Å². The zero-order chi connectivity index (χ0) is 15.1. The SMILES string of the molecule is CCCOc1cc(NCC2CNCCO2)cc([N+](=O)[O-])c1. The molecule has 0 aromatic heterocycles. The van der Waals surface area contributed by atoms with E-state index in [9.17, 15) is 10.1 Å². The Kier molecular flexibility index (Phi) is 5.77. The molecule has 2 N–H and O–H groups in total. The third kappa shape index (κ3) is 4.87. The van der Waals surface area contributed by atoms with E-state index < -0.39 is 4.92 Å². The van der Waals surface area contributed by atoms with E-state index in [0.29, 0.717) is 31.2 Å². The number of hydrogen-bond acceptors (Lipinski definition) is 6. The fraction of sp³-hybridized carbons (Fsp3) is 0.571. The van der Waals surface area contributed by atoms with Crippen LogP contribution in [0.4, 0.5) is 11.4 Å². The Balaban J connectivity index is 2.02. The largest absolute Gasteiger partial charge is 0.493 e. The highest BCUT2D eigenvalue weighted by Gasteiger charge is 2.15. The van der Waals surface area contributed by atoms with Gasteiger partial charge >= 0.3 is 0 Å². The molecular weight excluding hydrogens is 274 g/mol. The van der Waals surface area contributed by atoms with Crippen molar-refractivity contribution in [3.05, 3.63) is 28.3 Å². The second kappa shape index (κ2) is 7.80. The molecule has 1 atom stereocenters. The first-order chi connectivity index (χ1) is 10.2. The van der Waals surface area contributed by atoms with Crippen molar-refractivity contribution < 1.29 is 14.4 Å². The van der Waals surface area contributed by atoms with E-state index in [0.717, 1.165) is 19.5 Å². The number of hydrogen-bond donors (Lipinski definition) is 2. The molecule has 1 unspecified atom stereocenters. The van der Waals surface area contributed by atoms with Crippen LogP contribution in [-0.4, -0.2) is 43.9 Å². The van der Waals surface area contributed by atoms with Crippen LogP contribution in [0.15, 0.2) is 18.2 Å². The summed E-state index contributed by atoms with van der Waals surface area (Å²) in [6, 6.07) is 4.73. The molecule has 0 saturated carbocycles. The summed E-state index contributed by atoms with van der Waals surface area (Å²) in [5, 5.41) is 17.4. The van der Waals surface area contributed by atoms with E-state index >= 15 is 0 Å². The lowest BCUT2D eigenvalue weighted by Crippen LogP contribution is -2.42. The highest BCUT2D eigenvalue weighted by Crippen LogP contribution is 2.26. The van der Waals surface area contributed by atoms with Crippen molar-refractivity contribution in [1.29, 1.82) is 0 Å². The number of benzene rings is 1. The van der Waals surface area contributed by atoms with Crippen molar-refractivity contribution in [2.75, 3.05) is 38.2 Å². The third-order valence-corrected chi connectivity index (χ3v) is 3.11. The van der Waals surface area contributed by atoms with E-state index in [-0.39, 0.29) is 11.8 Å². The standard InChI is InChI=1S/C14H21N3O4/c1-2-4-20-13-7-11(6-12(8-13)17(18)19)16-10-14-9-15-3-5-21-14/h6-8,14-16H,2-5,9-10H2,1H3. The van der Waals surface area contributed by atoms with Crippen molar-refractivity contribution in [3.63, 3.8) is 0 Å². The first-order valence-electron chi connectivity index (χ1n) is 7.17. The number of ether oxygens (including phenoxy) is 2. The predicted octanol–water partition coefficient (Wildman–Crippen LogP) is 1.78. The fourth-order valence-electron chi connectivity index (χ4n) is 2.08. The number of non-ortho nitro benzene ring substituents is 1. The topological polar surface area (TPSA) is 85.7 Å². The van der Waals surface area contributed by atoms with Crippen LogP contribution < -0.4 is 15.4 Å². The van der Waals surface area contributed by atoms with Crippen LogP contribution in [0.3, 0.4) is 0 Å². The highest BCUT2D eigenvalue weighted by atomic mass is 16.6. The van der Waals surface area contributed by atoms with Gasteiger partial charge in [-0.3, -0.25) is 10.1 Å². The Morgan fingerprint density at radius 2 is 2.38 bits per heavy atom. The van der Waals surface area contributed by atoms with Crippen molar-refractivity contribution >= 4 is 11.4 Å². The van der Waals surface area contributed by atoms with Crippen molar-refractivity contribution in [2.45, 2.75) is 19.4 Å². The van der Waals surface area contributed by atoms with Crippen molar-refractivity contribution in [1.82, 2.24) is 5.32 Å². The first-order valence-corrected chi connectivity index (χ1v) is 7.17. The van der Waals surface area contributed by atoms with E-state index in [2.05, 4.69) is 10.6 Å². The Hall–Kier alpha value is -1.86. The monoisotopic (exact) mass is 295 g/mol. The molecule has 0 amide bonds. The first kappa shape index (κ1) is 15.5. The van der Waals surface area contributed by atoms with Crippen LogP contribution in [0, 0.1) is 10.1 Å². The number of anilines is 1. The lowest BCUT2D eigenvalue weighted by atomic mass is 10.2. The van der Waals surface area contributed by atoms with Gasteiger partial charge in [-0.15, -0.1) is 0 Å². The minimum atomic E-state index is -0.414. The van der Waals surface area contributed by atoms with Crippen LogP contribution in [0.1, 0.15) is 13.3 Å². The van der Waals surface area contributed by atoms with Gasteiger partial charge in [0.1, 0.15) is 5.75 Å². The van der Waals surface area contributed by atoms with Gasteiger partial charge in [-0.2, -0.15) is 0 Å². The van der Waals surface area contributed by atoms with Gasteiger partial charge in [0.2, 0.25) is 0 Å². The third-order valence-electron chi connectivity index (χ3n) is 3.11. The highest BCUT2D eigenvalue weighted by molar-refractivity contribution is 5.56. The zero-order valence-corrected chi connectivity index (χ0v) is 12.1. The van der Waals surface area contributed by atoms with Gasteiger partial charge in [0, 0.05) is 37.5 Å². The van der Waals surface area contributed by atoms with Crippen LogP contribution in [0.5, 0.6) is 5.75 Å². The van der Waals surface area contributed by atoms with Crippen LogP contribution in [0.25, 0.3) is 0 Å². The maximum atomic E-state index is 11.0. The molecule has 1 aromatic carbocycles. The minimum Gasteiger partial charge on any atom is -0.493 e. The number of nitro groups is 1. The molecule has 7 heteroatoms. The average Bonchev–Trinajstić information content (AvgIpc) is 2.51. The quantitative estimate of drug-likeness (QED) is 0.589. The van der Waals surface area contributed by atoms with E-state index in [4.69, 9.17) is 9.47 Å².